The van der Waals surface area contributed by atoms with E-state index in [9.17, 15) is 4.79 Å². The number of nitrogens with one attached hydrogen (secondary N) is 2. The summed E-state index contributed by atoms with van der Waals surface area (Å²) in [5.74, 6) is 0.0146. The molecule has 0 radical (unpaired) electrons. The highest BCUT2D eigenvalue weighted by Crippen LogP contribution is 2.35. The minimum Gasteiger partial charge on any atom is -0.272 e. The second kappa shape index (κ2) is 6.94. The van der Waals surface area contributed by atoms with Crippen LogP contribution in [0.5, 0.6) is 0 Å². The number of thioether (sulfide) groups is 1. The largest absolute Gasteiger partial charge is 0.272 e. The Morgan fingerprint density at radius 2 is 1.79 bits per heavy atom. The third kappa shape index (κ3) is 2.95. The highest BCUT2D eigenvalue weighted by molar-refractivity contribution is 7.99. The van der Waals surface area contributed by atoms with Crippen molar-refractivity contribution in [2.24, 2.45) is 5.10 Å². The van der Waals surface area contributed by atoms with Crippen molar-refractivity contribution in [2.75, 3.05) is 5.75 Å². The number of hydrazone groups is 1. The lowest BCUT2D eigenvalue weighted by atomic mass is 9.92. The summed E-state index contributed by atoms with van der Waals surface area (Å²) in [6.45, 7) is 0. The molecular formula is C21H15N5OS. The van der Waals surface area contributed by atoms with E-state index < -0.39 is 0 Å². The van der Waals surface area contributed by atoms with Gasteiger partial charge in [-0.1, -0.05) is 66.4 Å². The number of carbonyl (C=O) groups is 1. The Balaban J connectivity index is 1.42. The standard InChI is InChI=1S/C21H15N5OS/c27-18(11-28-21-22-12-24-26-21)25-23-10-16-7-6-15-5-4-13-2-1-3-14-8-9-17(16)20(15)19(13)14/h1-10,12H,11H2,(H,25,27)(H,22,24,26)/b23-10+. The zero-order chi connectivity index (χ0) is 18.9. The molecule has 1 amide bonds. The molecule has 0 bridgehead atoms. The molecule has 0 aliphatic rings. The second-order valence-electron chi connectivity index (χ2n) is 6.38. The van der Waals surface area contributed by atoms with Crippen LogP contribution in [0.3, 0.4) is 0 Å². The molecule has 0 unspecified atom stereocenters. The molecular weight excluding hydrogens is 370 g/mol. The van der Waals surface area contributed by atoms with Gasteiger partial charge in [-0.3, -0.25) is 9.89 Å². The smallest absolute Gasteiger partial charge is 0.250 e. The van der Waals surface area contributed by atoms with Gasteiger partial charge >= 0.3 is 0 Å². The quantitative estimate of drug-likeness (QED) is 0.208. The van der Waals surface area contributed by atoms with E-state index >= 15 is 0 Å². The van der Waals surface area contributed by atoms with Gasteiger partial charge in [-0.15, -0.1) is 0 Å². The zero-order valence-electron chi connectivity index (χ0n) is 14.7. The molecule has 28 heavy (non-hydrogen) atoms. The Labute approximate surface area is 164 Å². The van der Waals surface area contributed by atoms with Crippen molar-refractivity contribution in [3.63, 3.8) is 0 Å². The normalized spacial score (nSPS) is 11.9. The first kappa shape index (κ1) is 16.7. The van der Waals surface area contributed by atoms with Crippen LogP contribution in [-0.4, -0.2) is 33.1 Å². The molecule has 0 aliphatic heterocycles. The van der Waals surface area contributed by atoms with Crippen molar-refractivity contribution in [3.05, 3.63) is 66.5 Å². The van der Waals surface area contributed by atoms with Crippen molar-refractivity contribution in [1.29, 1.82) is 0 Å². The number of H-pyrrole nitrogens is 1. The Bertz CT molecular complexity index is 1300. The summed E-state index contributed by atoms with van der Waals surface area (Å²) < 4.78 is 0. The monoisotopic (exact) mass is 385 g/mol. The van der Waals surface area contributed by atoms with Gasteiger partial charge < -0.3 is 0 Å². The molecule has 0 fully saturated rings. The number of aromatic nitrogens is 3. The van der Waals surface area contributed by atoms with Crippen LogP contribution in [0, 0.1) is 0 Å². The van der Waals surface area contributed by atoms with Crippen LogP contribution < -0.4 is 5.43 Å². The molecule has 0 atom stereocenters. The van der Waals surface area contributed by atoms with E-state index in [4.69, 9.17) is 0 Å². The minimum atomic E-state index is -0.199. The fraction of sp³-hybridized carbons (Fsp3) is 0.0476. The van der Waals surface area contributed by atoms with Gasteiger partial charge in [-0.25, -0.2) is 10.4 Å². The minimum absolute atomic E-state index is 0.199. The summed E-state index contributed by atoms with van der Waals surface area (Å²) in [6.07, 6.45) is 3.11. The SMILES string of the molecule is O=C(CSc1ncn[nH]1)N/N=C/c1ccc2ccc3cccc4ccc1c2c34. The zero-order valence-corrected chi connectivity index (χ0v) is 15.5. The molecule has 5 aromatic rings. The molecule has 1 aromatic heterocycles. The fourth-order valence-corrected chi connectivity index (χ4v) is 4.05. The van der Waals surface area contributed by atoms with Crippen LogP contribution in [0.15, 0.2) is 71.2 Å². The Hall–Kier alpha value is -3.45. The van der Waals surface area contributed by atoms with Gasteiger partial charge in [-0.05, 0) is 32.3 Å². The molecule has 5 rings (SSSR count). The van der Waals surface area contributed by atoms with Crippen LogP contribution in [0.4, 0.5) is 0 Å². The topological polar surface area (TPSA) is 83.0 Å². The van der Waals surface area contributed by atoms with E-state index in [0.717, 1.165) is 10.9 Å². The molecule has 0 saturated heterocycles. The van der Waals surface area contributed by atoms with E-state index in [-0.39, 0.29) is 11.7 Å². The molecule has 136 valence electrons. The average Bonchev–Trinajstić information content (AvgIpc) is 3.25. The molecule has 6 nitrogen and oxygen atoms in total. The van der Waals surface area contributed by atoms with Crippen molar-refractivity contribution < 1.29 is 4.79 Å². The van der Waals surface area contributed by atoms with Gasteiger partial charge in [0.2, 0.25) is 0 Å². The van der Waals surface area contributed by atoms with Crippen molar-refractivity contribution in [1.82, 2.24) is 20.6 Å². The van der Waals surface area contributed by atoms with Crippen LogP contribution in [0.2, 0.25) is 0 Å². The maximum atomic E-state index is 12.0. The molecule has 0 spiro atoms. The summed E-state index contributed by atoms with van der Waals surface area (Å²) in [6, 6.07) is 19.0. The van der Waals surface area contributed by atoms with Crippen LogP contribution >= 0.6 is 11.8 Å². The Morgan fingerprint density at radius 3 is 2.57 bits per heavy atom. The molecule has 1 heterocycles. The number of rotatable bonds is 5. The van der Waals surface area contributed by atoms with E-state index in [1.807, 2.05) is 6.07 Å². The van der Waals surface area contributed by atoms with Gasteiger partial charge in [0.05, 0.1) is 12.0 Å². The lowest BCUT2D eigenvalue weighted by Crippen LogP contribution is -2.19. The lowest BCUT2D eigenvalue weighted by Gasteiger charge is -2.12. The maximum Gasteiger partial charge on any atom is 0.250 e. The van der Waals surface area contributed by atoms with Crippen molar-refractivity contribution in [2.45, 2.75) is 5.16 Å². The highest BCUT2D eigenvalue weighted by Gasteiger charge is 2.10. The number of hydrogen-bond acceptors (Lipinski definition) is 5. The average molecular weight is 385 g/mol. The van der Waals surface area contributed by atoms with Gasteiger partial charge in [0.1, 0.15) is 6.33 Å². The van der Waals surface area contributed by atoms with Crippen molar-refractivity contribution >= 4 is 56.2 Å². The van der Waals surface area contributed by atoms with Crippen LogP contribution in [0.1, 0.15) is 5.56 Å². The molecule has 0 aliphatic carbocycles. The first-order valence-corrected chi connectivity index (χ1v) is 9.75. The number of carbonyl (C=O) groups excluding carboxylic acids is 1. The predicted molar refractivity (Wildman–Crippen MR) is 113 cm³/mol. The molecule has 4 aromatic carbocycles. The van der Waals surface area contributed by atoms with E-state index in [0.29, 0.717) is 5.16 Å². The van der Waals surface area contributed by atoms with E-state index in [2.05, 4.69) is 74.2 Å². The first-order chi connectivity index (χ1) is 13.8. The summed E-state index contributed by atoms with van der Waals surface area (Å²) in [5, 5.41) is 18.5. The second-order valence-corrected chi connectivity index (χ2v) is 7.35. The molecule has 7 heteroatoms. The van der Waals surface area contributed by atoms with E-state index in [1.54, 1.807) is 6.21 Å². The third-order valence-electron chi connectivity index (χ3n) is 4.69. The maximum absolute atomic E-state index is 12.0. The molecule has 2 N–H and O–H groups in total. The Morgan fingerprint density at radius 1 is 1.04 bits per heavy atom. The van der Waals surface area contributed by atoms with Gasteiger partial charge in [0, 0.05) is 5.56 Å². The number of hydrogen-bond donors (Lipinski definition) is 2. The summed E-state index contributed by atoms with van der Waals surface area (Å²) in [5.41, 5.74) is 3.54. The van der Waals surface area contributed by atoms with Gasteiger partial charge in [0.25, 0.3) is 5.91 Å². The predicted octanol–water partition coefficient (Wildman–Crippen LogP) is 3.94. The van der Waals surface area contributed by atoms with Crippen molar-refractivity contribution in [3.8, 4) is 0 Å². The summed E-state index contributed by atoms with van der Waals surface area (Å²) in [7, 11) is 0. The fourth-order valence-electron chi connectivity index (χ4n) is 3.47. The summed E-state index contributed by atoms with van der Waals surface area (Å²) >= 11 is 1.27. The number of amides is 1. The first-order valence-electron chi connectivity index (χ1n) is 8.76. The lowest BCUT2D eigenvalue weighted by molar-refractivity contribution is -0.118. The van der Waals surface area contributed by atoms with Gasteiger partial charge in [-0.2, -0.15) is 10.2 Å². The Kier molecular flexibility index (Phi) is 4.14. The number of benzene rings is 4. The third-order valence-corrected chi connectivity index (χ3v) is 5.56. The van der Waals surface area contributed by atoms with Crippen LogP contribution in [-0.2, 0) is 4.79 Å². The molecule has 0 saturated carbocycles. The van der Waals surface area contributed by atoms with Gasteiger partial charge in [0.15, 0.2) is 5.16 Å². The van der Waals surface area contributed by atoms with E-state index in [1.165, 1.54) is 45.0 Å². The summed E-state index contributed by atoms with van der Waals surface area (Å²) in [4.78, 5) is 15.9. The number of nitrogens with zero attached hydrogens (tertiary/aromatic N) is 3. The number of aromatic amines is 1. The van der Waals surface area contributed by atoms with Crippen LogP contribution in [0.25, 0.3) is 32.3 Å². The highest BCUT2D eigenvalue weighted by atomic mass is 32.2.